The van der Waals surface area contributed by atoms with Crippen LogP contribution in [0.2, 0.25) is 0 Å². The molecule has 0 bridgehead atoms. The Morgan fingerprint density at radius 3 is 1.71 bits per heavy atom. The van der Waals surface area contributed by atoms with Gasteiger partial charge in [0.2, 0.25) is 0 Å². The molecule has 9 heteroatoms. The number of fused-ring (bicyclic) bond motifs is 1. The summed E-state index contributed by atoms with van der Waals surface area (Å²) >= 11 is 0. The minimum atomic E-state index is -0.577. The van der Waals surface area contributed by atoms with E-state index in [1.165, 1.54) is 0 Å². The molecule has 1 fully saturated rings. The summed E-state index contributed by atoms with van der Waals surface area (Å²) in [6.07, 6.45) is 0.402. The Morgan fingerprint density at radius 2 is 1.16 bits per heavy atom. The molecule has 256 valence electrons. The van der Waals surface area contributed by atoms with Gasteiger partial charge in [-0.2, -0.15) is 0 Å². The van der Waals surface area contributed by atoms with Gasteiger partial charge in [0, 0.05) is 77.4 Å². The smallest absolute Gasteiger partial charge is 0.258 e. The van der Waals surface area contributed by atoms with Crippen LogP contribution in [0.1, 0.15) is 58.1 Å². The lowest BCUT2D eigenvalue weighted by Crippen LogP contribution is -2.48. The van der Waals surface area contributed by atoms with Crippen molar-refractivity contribution in [3.05, 3.63) is 160 Å². The van der Waals surface area contributed by atoms with Crippen molar-refractivity contribution < 1.29 is 23.9 Å². The number of benzene rings is 5. The maximum Gasteiger partial charge on any atom is 0.258 e. The number of hydrogen-bond donors (Lipinski definition) is 1. The molecule has 2 aliphatic rings. The molecule has 0 spiro atoms. The molecule has 2 N–H and O–H groups in total. The molecule has 0 aromatic heterocycles. The van der Waals surface area contributed by atoms with Gasteiger partial charge in [0.05, 0.1) is 11.6 Å². The SMILES string of the molecule is CN1CCN(c2ccc(C(N)=O)c3c2CC(N(C(=O)c2ccc(C(=O)c4ccccc4)cc2)c2ccc(C(=O)c4ccccc4)cc2)CO3)CC1. The van der Waals surface area contributed by atoms with E-state index in [2.05, 4.69) is 16.8 Å². The van der Waals surface area contributed by atoms with Crippen LogP contribution in [0.25, 0.3) is 0 Å². The van der Waals surface area contributed by atoms with Crippen LogP contribution in [0.4, 0.5) is 11.4 Å². The number of ether oxygens (including phenoxy) is 1. The maximum atomic E-state index is 14.6. The van der Waals surface area contributed by atoms with Crippen molar-refractivity contribution in [2.45, 2.75) is 12.5 Å². The molecule has 0 radical (unpaired) electrons. The Labute approximate surface area is 296 Å². The average molecular weight is 679 g/mol. The van der Waals surface area contributed by atoms with E-state index in [-0.39, 0.29) is 24.1 Å². The molecule has 1 unspecified atom stereocenters. The zero-order valence-corrected chi connectivity index (χ0v) is 28.3. The summed E-state index contributed by atoms with van der Waals surface area (Å²) in [6, 6.07) is 34.9. The van der Waals surface area contributed by atoms with Crippen LogP contribution in [0.3, 0.4) is 0 Å². The third kappa shape index (κ3) is 6.89. The summed E-state index contributed by atoms with van der Waals surface area (Å²) < 4.78 is 6.36. The highest BCUT2D eigenvalue weighted by Gasteiger charge is 2.35. The van der Waals surface area contributed by atoms with Gasteiger partial charge in [0.1, 0.15) is 12.4 Å². The number of ketones is 2. The number of piperazine rings is 1. The van der Waals surface area contributed by atoms with E-state index in [4.69, 9.17) is 10.5 Å². The zero-order valence-electron chi connectivity index (χ0n) is 28.3. The molecule has 1 atom stereocenters. The van der Waals surface area contributed by atoms with Crippen LogP contribution in [-0.2, 0) is 6.42 Å². The fourth-order valence-corrected chi connectivity index (χ4v) is 6.84. The van der Waals surface area contributed by atoms with Crippen LogP contribution in [-0.4, -0.2) is 74.2 Å². The van der Waals surface area contributed by atoms with Gasteiger partial charge in [-0.3, -0.25) is 19.2 Å². The lowest BCUT2D eigenvalue weighted by Gasteiger charge is -2.40. The number of primary amides is 1. The van der Waals surface area contributed by atoms with E-state index in [0.717, 1.165) is 37.4 Å². The molecule has 2 heterocycles. The molecule has 9 nitrogen and oxygen atoms in total. The van der Waals surface area contributed by atoms with Gasteiger partial charge in [-0.1, -0.05) is 72.8 Å². The summed E-state index contributed by atoms with van der Waals surface area (Å²) in [4.78, 5) is 59.7. The predicted octanol–water partition coefficient (Wildman–Crippen LogP) is 5.65. The van der Waals surface area contributed by atoms with Crippen molar-refractivity contribution in [2.75, 3.05) is 49.6 Å². The summed E-state index contributed by atoms with van der Waals surface area (Å²) in [7, 11) is 2.09. The summed E-state index contributed by atoms with van der Waals surface area (Å²) in [5.74, 6) is -0.671. The molecule has 2 amide bonds. The lowest BCUT2D eigenvalue weighted by molar-refractivity contribution is 0.0953. The van der Waals surface area contributed by atoms with Gasteiger partial charge >= 0.3 is 0 Å². The van der Waals surface area contributed by atoms with Crippen molar-refractivity contribution in [1.29, 1.82) is 0 Å². The Balaban J connectivity index is 1.25. The summed E-state index contributed by atoms with van der Waals surface area (Å²) in [5.41, 5.74) is 10.9. The quantitative estimate of drug-likeness (QED) is 0.201. The lowest BCUT2D eigenvalue weighted by atomic mass is 9.94. The fraction of sp³-hybridized carbons (Fsp3) is 0.190. The van der Waals surface area contributed by atoms with Gasteiger partial charge in [-0.05, 0) is 55.6 Å². The second kappa shape index (κ2) is 14.4. The fourth-order valence-electron chi connectivity index (χ4n) is 6.84. The van der Waals surface area contributed by atoms with Crippen LogP contribution in [0.15, 0.2) is 121 Å². The molecule has 5 aromatic rings. The van der Waals surface area contributed by atoms with Crippen LogP contribution in [0, 0.1) is 0 Å². The topological polar surface area (TPSA) is 113 Å². The number of amides is 2. The van der Waals surface area contributed by atoms with Gasteiger partial charge in [-0.15, -0.1) is 0 Å². The minimum absolute atomic E-state index is 0.112. The van der Waals surface area contributed by atoms with E-state index in [1.807, 2.05) is 42.5 Å². The number of nitrogens with two attached hydrogens (primary N) is 1. The highest BCUT2D eigenvalue weighted by atomic mass is 16.5. The number of carbonyl (C=O) groups is 4. The second-order valence-corrected chi connectivity index (χ2v) is 13.0. The number of rotatable bonds is 9. The van der Waals surface area contributed by atoms with E-state index < -0.39 is 11.9 Å². The van der Waals surface area contributed by atoms with E-state index in [1.54, 1.807) is 83.8 Å². The van der Waals surface area contributed by atoms with Crippen molar-refractivity contribution in [2.24, 2.45) is 5.73 Å². The van der Waals surface area contributed by atoms with Crippen LogP contribution >= 0.6 is 0 Å². The normalized spacial score (nSPS) is 15.7. The number of anilines is 2. The Morgan fingerprint density at radius 1 is 0.647 bits per heavy atom. The molecule has 0 saturated carbocycles. The minimum Gasteiger partial charge on any atom is -0.490 e. The number of nitrogens with zero attached hydrogens (tertiary/aromatic N) is 3. The van der Waals surface area contributed by atoms with Gasteiger partial charge in [0.25, 0.3) is 11.8 Å². The van der Waals surface area contributed by atoms with E-state index in [0.29, 0.717) is 51.2 Å². The van der Waals surface area contributed by atoms with Crippen molar-refractivity contribution in [3.63, 3.8) is 0 Å². The largest absolute Gasteiger partial charge is 0.490 e. The van der Waals surface area contributed by atoms with Gasteiger partial charge < -0.3 is 25.2 Å². The Hall–Kier alpha value is -6.06. The Kier molecular flexibility index (Phi) is 9.46. The number of hydrogen-bond acceptors (Lipinski definition) is 7. The van der Waals surface area contributed by atoms with Crippen molar-refractivity contribution >= 4 is 34.8 Å². The third-order valence-electron chi connectivity index (χ3n) is 9.66. The van der Waals surface area contributed by atoms with Crippen LogP contribution in [0.5, 0.6) is 5.75 Å². The second-order valence-electron chi connectivity index (χ2n) is 13.0. The Bertz CT molecular complexity index is 2070. The monoisotopic (exact) mass is 678 g/mol. The number of likely N-dealkylation sites (N-methyl/N-ethyl adjacent to an activating group) is 1. The molecule has 7 rings (SSSR count). The van der Waals surface area contributed by atoms with Gasteiger partial charge in [-0.25, -0.2) is 0 Å². The van der Waals surface area contributed by atoms with Crippen LogP contribution < -0.4 is 20.3 Å². The standard InChI is InChI=1S/C42H38N4O5/c1-44-22-24-45(25-23-44)37-21-20-35(41(43)49)40-36(37)26-34(27-51-40)46(33-18-16-31(17-19-33)39(48)29-10-6-3-7-11-29)42(50)32-14-12-30(13-15-32)38(47)28-8-4-2-5-9-28/h2-21,34H,22-27H2,1H3,(H2,43,49). The first-order valence-electron chi connectivity index (χ1n) is 17.0. The van der Waals surface area contributed by atoms with E-state index in [9.17, 15) is 19.2 Å². The van der Waals surface area contributed by atoms with Crippen molar-refractivity contribution in [3.8, 4) is 5.75 Å². The average Bonchev–Trinajstić information content (AvgIpc) is 3.18. The molecule has 1 saturated heterocycles. The first-order valence-corrected chi connectivity index (χ1v) is 17.0. The number of carbonyl (C=O) groups excluding carboxylic acids is 4. The predicted molar refractivity (Wildman–Crippen MR) is 197 cm³/mol. The molecule has 5 aromatic carbocycles. The summed E-state index contributed by atoms with van der Waals surface area (Å²) in [6.45, 7) is 3.49. The summed E-state index contributed by atoms with van der Waals surface area (Å²) in [5, 5.41) is 0. The molecule has 0 aliphatic carbocycles. The first kappa shape index (κ1) is 33.4. The van der Waals surface area contributed by atoms with E-state index >= 15 is 0 Å². The van der Waals surface area contributed by atoms with Crippen molar-refractivity contribution in [1.82, 2.24) is 4.90 Å². The molecular weight excluding hydrogens is 640 g/mol. The maximum absolute atomic E-state index is 14.6. The highest BCUT2D eigenvalue weighted by Crippen LogP contribution is 2.39. The molecule has 2 aliphatic heterocycles. The van der Waals surface area contributed by atoms with Gasteiger partial charge in [0.15, 0.2) is 11.6 Å². The first-order chi connectivity index (χ1) is 24.8. The molecule has 51 heavy (non-hydrogen) atoms. The highest BCUT2D eigenvalue weighted by molar-refractivity contribution is 6.12. The zero-order chi connectivity index (χ0) is 35.5. The molecular formula is C42H38N4O5. The third-order valence-corrected chi connectivity index (χ3v) is 9.66.